The molecule has 2 aromatic heterocycles. The molecule has 0 amide bonds. The van der Waals surface area contributed by atoms with Crippen molar-refractivity contribution in [1.29, 1.82) is 0 Å². The van der Waals surface area contributed by atoms with E-state index in [-0.39, 0.29) is 0 Å². The van der Waals surface area contributed by atoms with Crippen molar-refractivity contribution >= 4 is 11.3 Å². The maximum atomic E-state index is 12.6. The van der Waals surface area contributed by atoms with Gasteiger partial charge in [-0.2, -0.15) is 18.3 Å². The lowest BCUT2D eigenvalue weighted by Crippen LogP contribution is -2.21. The summed E-state index contributed by atoms with van der Waals surface area (Å²) in [5.74, 6) is 0.396. The van der Waals surface area contributed by atoms with Crippen LogP contribution in [0.3, 0.4) is 0 Å². The van der Waals surface area contributed by atoms with Crippen molar-refractivity contribution in [2.45, 2.75) is 6.18 Å². The zero-order chi connectivity index (χ0) is 14.0. The van der Waals surface area contributed by atoms with Gasteiger partial charge in [-0.1, -0.05) is 0 Å². The maximum Gasteiger partial charge on any atom is 0.435 e. The lowest BCUT2D eigenvalue weighted by atomic mass is 10.3. The first-order chi connectivity index (χ1) is 8.88. The summed E-state index contributed by atoms with van der Waals surface area (Å²) in [6, 6.07) is 0.991. The number of fused-ring (bicyclic) bond motifs is 1. The normalized spacial score (nSPS) is 12.3. The van der Waals surface area contributed by atoms with Crippen LogP contribution in [0.5, 0.6) is 0 Å². The van der Waals surface area contributed by atoms with Gasteiger partial charge >= 0.3 is 6.18 Å². The van der Waals surface area contributed by atoms with E-state index < -0.39 is 11.9 Å². The number of nitrogens with one attached hydrogen (secondary N) is 1. The average Bonchev–Trinajstić information content (AvgIpc) is 2.72. The fourth-order valence-corrected chi connectivity index (χ4v) is 1.59. The molecule has 0 aliphatic rings. The van der Waals surface area contributed by atoms with Gasteiger partial charge in [-0.25, -0.2) is 9.50 Å². The van der Waals surface area contributed by atoms with E-state index in [9.17, 15) is 13.2 Å². The maximum absolute atomic E-state index is 12.6. The van der Waals surface area contributed by atoms with Crippen LogP contribution in [0.15, 0.2) is 18.5 Å². The fourth-order valence-electron chi connectivity index (χ4n) is 1.59. The Hall–Kier alpha value is -1.83. The number of nitrogens with zero attached hydrogens (tertiary/aromatic N) is 4. The van der Waals surface area contributed by atoms with Crippen LogP contribution >= 0.6 is 0 Å². The Labute approximate surface area is 108 Å². The van der Waals surface area contributed by atoms with E-state index in [1.54, 1.807) is 0 Å². The molecule has 5 nitrogen and oxygen atoms in total. The molecule has 0 spiro atoms. The van der Waals surface area contributed by atoms with E-state index in [1.165, 1.54) is 16.9 Å². The molecule has 2 heterocycles. The van der Waals surface area contributed by atoms with Gasteiger partial charge < -0.3 is 10.2 Å². The van der Waals surface area contributed by atoms with Crippen molar-refractivity contribution in [3.8, 4) is 0 Å². The number of aromatic nitrogens is 3. The summed E-state index contributed by atoms with van der Waals surface area (Å²) in [7, 11) is 3.83. The highest BCUT2D eigenvalue weighted by Crippen LogP contribution is 2.29. The van der Waals surface area contributed by atoms with Crippen LogP contribution in [0.4, 0.5) is 19.0 Å². The smallest absolute Gasteiger partial charge is 0.367 e. The van der Waals surface area contributed by atoms with Crippen LogP contribution in [0, 0.1) is 0 Å². The monoisotopic (exact) mass is 273 g/mol. The van der Waals surface area contributed by atoms with Crippen LogP contribution in [0.2, 0.25) is 0 Å². The third kappa shape index (κ3) is 3.14. The first-order valence-corrected chi connectivity index (χ1v) is 5.68. The van der Waals surface area contributed by atoms with Crippen LogP contribution in [0.1, 0.15) is 5.69 Å². The van der Waals surface area contributed by atoms with Crippen molar-refractivity contribution in [1.82, 2.24) is 19.5 Å². The van der Waals surface area contributed by atoms with Crippen molar-refractivity contribution < 1.29 is 13.2 Å². The van der Waals surface area contributed by atoms with Crippen molar-refractivity contribution in [2.75, 3.05) is 32.5 Å². The third-order valence-corrected chi connectivity index (χ3v) is 2.53. The number of halogens is 3. The standard InChI is InChI=1S/C11H14F3N5/c1-18(2)5-3-15-10-8-7-9(11(12,13)14)17-19(8)6-4-16-10/h4,6-7H,3,5H2,1-2H3,(H,15,16). The molecule has 2 aromatic rings. The zero-order valence-electron chi connectivity index (χ0n) is 10.6. The number of likely N-dealkylation sites (N-methyl/N-ethyl adjacent to an activating group) is 1. The van der Waals surface area contributed by atoms with Crippen molar-refractivity contribution in [3.63, 3.8) is 0 Å². The van der Waals surface area contributed by atoms with Gasteiger partial charge in [0.1, 0.15) is 5.52 Å². The summed E-state index contributed by atoms with van der Waals surface area (Å²) in [4.78, 5) is 6.00. The van der Waals surface area contributed by atoms with Gasteiger partial charge in [0.25, 0.3) is 0 Å². The molecule has 19 heavy (non-hydrogen) atoms. The Morgan fingerprint density at radius 1 is 1.37 bits per heavy atom. The van der Waals surface area contributed by atoms with Crippen LogP contribution in [0.25, 0.3) is 5.52 Å². The highest BCUT2D eigenvalue weighted by Gasteiger charge is 2.34. The van der Waals surface area contributed by atoms with Gasteiger partial charge in [0, 0.05) is 31.5 Å². The largest absolute Gasteiger partial charge is 0.435 e. The van der Waals surface area contributed by atoms with Crippen molar-refractivity contribution in [2.24, 2.45) is 0 Å². The predicted octanol–water partition coefficient (Wildman–Crippen LogP) is 1.72. The van der Waals surface area contributed by atoms with Gasteiger partial charge in [0.2, 0.25) is 0 Å². The Balaban J connectivity index is 2.27. The van der Waals surface area contributed by atoms with Gasteiger partial charge in [-0.3, -0.25) is 0 Å². The van der Waals surface area contributed by atoms with Gasteiger partial charge in [0.05, 0.1) is 0 Å². The second-order valence-corrected chi connectivity index (χ2v) is 4.36. The fraction of sp³-hybridized carbons (Fsp3) is 0.455. The Morgan fingerprint density at radius 3 is 2.74 bits per heavy atom. The second kappa shape index (κ2) is 5.04. The molecule has 0 saturated heterocycles. The molecule has 0 aliphatic heterocycles. The quantitative estimate of drug-likeness (QED) is 0.921. The lowest BCUT2D eigenvalue weighted by Gasteiger charge is -2.11. The topological polar surface area (TPSA) is 45.5 Å². The third-order valence-electron chi connectivity index (χ3n) is 2.53. The van der Waals surface area contributed by atoms with Crippen LogP contribution in [-0.2, 0) is 6.18 Å². The van der Waals surface area contributed by atoms with Gasteiger partial charge in [-0.05, 0) is 14.1 Å². The van der Waals surface area contributed by atoms with Crippen LogP contribution in [-0.4, -0.2) is 46.7 Å². The Morgan fingerprint density at radius 2 is 2.11 bits per heavy atom. The molecule has 104 valence electrons. The van der Waals surface area contributed by atoms with E-state index in [1.807, 2.05) is 19.0 Å². The molecular formula is C11H14F3N5. The van der Waals surface area contributed by atoms with Crippen molar-refractivity contribution in [3.05, 3.63) is 24.2 Å². The van der Waals surface area contributed by atoms with E-state index in [0.29, 0.717) is 17.9 Å². The number of alkyl halides is 3. The highest BCUT2D eigenvalue weighted by atomic mass is 19.4. The molecule has 0 aromatic carbocycles. The molecule has 0 saturated carbocycles. The first kappa shape index (κ1) is 13.6. The summed E-state index contributed by atoms with van der Waals surface area (Å²) in [5, 5.41) is 6.49. The molecule has 0 radical (unpaired) electrons. The van der Waals surface area contributed by atoms with Gasteiger partial charge in [0.15, 0.2) is 11.5 Å². The minimum atomic E-state index is -4.45. The molecule has 0 aliphatic carbocycles. The molecule has 1 N–H and O–H groups in total. The van der Waals surface area contributed by atoms with E-state index >= 15 is 0 Å². The number of hydrogen-bond acceptors (Lipinski definition) is 4. The summed E-state index contributed by atoms with van der Waals surface area (Å²) >= 11 is 0. The molecule has 0 bridgehead atoms. The molecule has 0 fully saturated rings. The molecule has 0 atom stereocenters. The summed E-state index contributed by atoms with van der Waals surface area (Å²) in [6.45, 7) is 1.34. The SMILES string of the molecule is CN(C)CCNc1nccn2nc(C(F)(F)F)cc12. The zero-order valence-corrected chi connectivity index (χ0v) is 10.6. The number of hydrogen-bond donors (Lipinski definition) is 1. The molecule has 2 rings (SSSR count). The van der Waals surface area contributed by atoms with E-state index in [4.69, 9.17) is 0 Å². The first-order valence-electron chi connectivity index (χ1n) is 5.68. The Kier molecular flexibility index (Phi) is 3.61. The second-order valence-electron chi connectivity index (χ2n) is 4.36. The van der Waals surface area contributed by atoms with Crippen LogP contribution < -0.4 is 5.32 Å². The average molecular weight is 273 g/mol. The Bertz CT molecular complexity index is 561. The van der Waals surface area contributed by atoms with E-state index in [2.05, 4.69) is 15.4 Å². The molecular weight excluding hydrogens is 259 g/mol. The number of rotatable bonds is 4. The predicted molar refractivity (Wildman–Crippen MR) is 65.0 cm³/mol. The van der Waals surface area contributed by atoms with Gasteiger partial charge in [-0.15, -0.1) is 0 Å². The minimum absolute atomic E-state index is 0.314. The minimum Gasteiger partial charge on any atom is -0.367 e. The number of anilines is 1. The summed E-state index contributed by atoms with van der Waals surface area (Å²) in [5.41, 5.74) is -0.607. The summed E-state index contributed by atoms with van der Waals surface area (Å²) in [6.07, 6.45) is -1.65. The molecule has 8 heteroatoms. The summed E-state index contributed by atoms with van der Waals surface area (Å²) < 4.78 is 39.0. The lowest BCUT2D eigenvalue weighted by molar-refractivity contribution is -0.141. The molecule has 0 unspecified atom stereocenters. The van der Waals surface area contributed by atoms with E-state index in [0.717, 1.165) is 12.6 Å². The highest BCUT2D eigenvalue weighted by molar-refractivity contribution is 5.67.